The number of nitrogens with zero attached hydrogens (tertiary/aromatic N) is 2. The summed E-state index contributed by atoms with van der Waals surface area (Å²) in [7, 11) is 0. The third-order valence-electron chi connectivity index (χ3n) is 3.52. The minimum atomic E-state index is 0.536. The van der Waals surface area contributed by atoms with E-state index in [-0.39, 0.29) is 0 Å². The third kappa shape index (κ3) is 1.33. The van der Waals surface area contributed by atoms with E-state index < -0.39 is 0 Å². The van der Waals surface area contributed by atoms with Gasteiger partial charge in [-0.25, -0.2) is 9.97 Å². The predicted molar refractivity (Wildman–Crippen MR) is 67.8 cm³/mol. The molecule has 0 amide bonds. The topological polar surface area (TPSA) is 51.8 Å². The lowest BCUT2D eigenvalue weighted by molar-refractivity contribution is 0.855. The van der Waals surface area contributed by atoms with Gasteiger partial charge in [0.2, 0.25) is 0 Å². The molecular weight excluding hydrogens is 218 g/mol. The zero-order valence-corrected chi connectivity index (χ0v) is 10.6. The van der Waals surface area contributed by atoms with Gasteiger partial charge in [-0.1, -0.05) is 6.92 Å². The fourth-order valence-electron chi connectivity index (χ4n) is 2.15. The van der Waals surface area contributed by atoms with Crippen molar-refractivity contribution in [2.75, 3.05) is 5.73 Å². The average Bonchev–Trinajstić information content (AvgIpc) is 2.86. The molecule has 0 spiro atoms. The molecule has 16 heavy (non-hydrogen) atoms. The van der Waals surface area contributed by atoms with E-state index in [9.17, 15) is 0 Å². The normalized spacial score (nSPS) is 23.9. The number of aromatic nitrogens is 2. The monoisotopic (exact) mass is 233 g/mol. The number of fused-ring (bicyclic) bond motifs is 1. The number of anilines is 1. The SMILES string of the molecule is Cc1sc2nc(C3CC3C)nc(N)c2c1C. The molecule has 1 aliphatic rings. The quantitative estimate of drug-likeness (QED) is 0.823. The molecule has 0 saturated heterocycles. The van der Waals surface area contributed by atoms with Crippen molar-refractivity contribution < 1.29 is 0 Å². The molecule has 2 aromatic heterocycles. The van der Waals surface area contributed by atoms with Crippen LogP contribution in [0.1, 0.15) is 35.5 Å². The Balaban J connectivity index is 2.22. The summed E-state index contributed by atoms with van der Waals surface area (Å²) in [6, 6.07) is 0. The van der Waals surface area contributed by atoms with Gasteiger partial charge in [-0.2, -0.15) is 0 Å². The molecule has 2 atom stereocenters. The molecule has 0 bridgehead atoms. The van der Waals surface area contributed by atoms with Crippen LogP contribution < -0.4 is 5.73 Å². The van der Waals surface area contributed by atoms with Crippen LogP contribution in [0.3, 0.4) is 0 Å². The number of rotatable bonds is 1. The van der Waals surface area contributed by atoms with Crippen LogP contribution in [-0.4, -0.2) is 9.97 Å². The van der Waals surface area contributed by atoms with E-state index in [1.165, 1.54) is 16.9 Å². The van der Waals surface area contributed by atoms with Gasteiger partial charge in [-0.15, -0.1) is 11.3 Å². The van der Waals surface area contributed by atoms with Crippen molar-refractivity contribution in [2.45, 2.75) is 33.1 Å². The number of nitrogens with two attached hydrogens (primary N) is 1. The maximum Gasteiger partial charge on any atom is 0.136 e. The van der Waals surface area contributed by atoms with Crippen LogP contribution in [0, 0.1) is 19.8 Å². The number of nitrogen functional groups attached to an aromatic ring is 1. The van der Waals surface area contributed by atoms with Crippen LogP contribution in [0.25, 0.3) is 10.2 Å². The summed E-state index contributed by atoms with van der Waals surface area (Å²) in [6.07, 6.45) is 1.20. The van der Waals surface area contributed by atoms with E-state index in [0.29, 0.717) is 11.7 Å². The minimum Gasteiger partial charge on any atom is -0.383 e. The fraction of sp³-hybridized carbons (Fsp3) is 0.500. The van der Waals surface area contributed by atoms with E-state index in [2.05, 4.69) is 30.7 Å². The second-order valence-electron chi connectivity index (χ2n) is 4.75. The van der Waals surface area contributed by atoms with Crippen molar-refractivity contribution in [2.24, 2.45) is 5.92 Å². The van der Waals surface area contributed by atoms with Crippen LogP contribution in [0.5, 0.6) is 0 Å². The van der Waals surface area contributed by atoms with E-state index in [1.54, 1.807) is 11.3 Å². The van der Waals surface area contributed by atoms with Gasteiger partial charge in [0.05, 0.1) is 5.39 Å². The smallest absolute Gasteiger partial charge is 0.136 e. The van der Waals surface area contributed by atoms with Crippen molar-refractivity contribution in [3.63, 3.8) is 0 Å². The van der Waals surface area contributed by atoms with Gasteiger partial charge < -0.3 is 5.73 Å². The summed E-state index contributed by atoms with van der Waals surface area (Å²) in [5.74, 6) is 2.85. The Morgan fingerprint density at radius 2 is 2.00 bits per heavy atom. The van der Waals surface area contributed by atoms with Crippen molar-refractivity contribution >= 4 is 27.4 Å². The van der Waals surface area contributed by atoms with Crippen LogP contribution in [0.15, 0.2) is 0 Å². The molecule has 0 aromatic carbocycles. The lowest BCUT2D eigenvalue weighted by Gasteiger charge is -2.01. The van der Waals surface area contributed by atoms with Crippen molar-refractivity contribution in [1.29, 1.82) is 0 Å². The standard InChI is InChI=1S/C12H15N3S/c1-5-4-8(5)11-14-10(13)9-6(2)7(3)16-12(9)15-11/h5,8H,4H2,1-3H3,(H2,13,14,15). The highest BCUT2D eigenvalue weighted by atomic mass is 32.1. The van der Waals surface area contributed by atoms with Gasteiger partial charge >= 0.3 is 0 Å². The third-order valence-corrected chi connectivity index (χ3v) is 4.62. The summed E-state index contributed by atoms with van der Waals surface area (Å²) < 4.78 is 0. The number of thiophene rings is 1. The first kappa shape index (κ1) is 10.0. The molecular formula is C12H15N3S. The lowest BCUT2D eigenvalue weighted by Crippen LogP contribution is -1.99. The molecule has 2 aromatic rings. The summed E-state index contributed by atoms with van der Waals surface area (Å²) in [4.78, 5) is 11.5. The van der Waals surface area contributed by atoms with E-state index >= 15 is 0 Å². The molecule has 2 unspecified atom stereocenters. The Bertz CT molecular complexity index is 573. The summed E-state index contributed by atoms with van der Waals surface area (Å²) >= 11 is 1.72. The van der Waals surface area contributed by atoms with Crippen LogP contribution in [-0.2, 0) is 0 Å². The van der Waals surface area contributed by atoms with Gasteiger partial charge in [-0.3, -0.25) is 0 Å². The van der Waals surface area contributed by atoms with Crippen molar-refractivity contribution in [3.8, 4) is 0 Å². The molecule has 2 heterocycles. The number of aryl methyl sites for hydroxylation is 2. The highest BCUT2D eigenvalue weighted by Gasteiger charge is 2.37. The maximum absolute atomic E-state index is 6.04. The van der Waals surface area contributed by atoms with E-state index in [0.717, 1.165) is 22.0 Å². The van der Waals surface area contributed by atoms with Crippen LogP contribution in [0.4, 0.5) is 5.82 Å². The first-order valence-corrected chi connectivity index (χ1v) is 6.42. The van der Waals surface area contributed by atoms with Gasteiger partial charge in [0.1, 0.15) is 16.5 Å². The zero-order chi connectivity index (χ0) is 11.4. The average molecular weight is 233 g/mol. The van der Waals surface area contributed by atoms with Crippen molar-refractivity contribution in [3.05, 3.63) is 16.3 Å². The Morgan fingerprint density at radius 1 is 1.31 bits per heavy atom. The predicted octanol–water partition coefficient (Wildman–Crippen LogP) is 3.01. The van der Waals surface area contributed by atoms with Gasteiger partial charge in [0.15, 0.2) is 0 Å². The second kappa shape index (κ2) is 3.17. The zero-order valence-electron chi connectivity index (χ0n) is 9.74. The van der Waals surface area contributed by atoms with E-state index in [1.807, 2.05) is 0 Å². The molecule has 3 nitrogen and oxygen atoms in total. The minimum absolute atomic E-state index is 0.536. The van der Waals surface area contributed by atoms with Gasteiger partial charge in [0.25, 0.3) is 0 Å². The number of hydrogen-bond donors (Lipinski definition) is 1. The molecule has 1 saturated carbocycles. The van der Waals surface area contributed by atoms with Gasteiger partial charge in [0, 0.05) is 10.8 Å². The van der Waals surface area contributed by atoms with Crippen LogP contribution in [0.2, 0.25) is 0 Å². The molecule has 0 aliphatic heterocycles. The Labute approximate surface area is 98.7 Å². The summed E-state index contributed by atoms with van der Waals surface area (Å²) in [5, 5.41) is 1.06. The molecule has 2 N–H and O–H groups in total. The largest absolute Gasteiger partial charge is 0.383 e. The molecule has 3 rings (SSSR count). The second-order valence-corrected chi connectivity index (χ2v) is 5.95. The highest BCUT2D eigenvalue weighted by Crippen LogP contribution is 2.46. The Hall–Kier alpha value is -1.16. The summed E-state index contributed by atoms with van der Waals surface area (Å²) in [5.41, 5.74) is 7.27. The Morgan fingerprint density at radius 3 is 2.62 bits per heavy atom. The van der Waals surface area contributed by atoms with E-state index in [4.69, 9.17) is 5.73 Å². The molecule has 84 valence electrons. The lowest BCUT2D eigenvalue weighted by atomic mass is 10.2. The highest BCUT2D eigenvalue weighted by molar-refractivity contribution is 7.18. The molecule has 1 aliphatic carbocycles. The fourth-order valence-corrected chi connectivity index (χ4v) is 3.19. The number of hydrogen-bond acceptors (Lipinski definition) is 4. The molecule has 0 radical (unpaired) electrons. The summed E-state index contributed by atoms with van der Waals surface area (Å²) in [6.45, 7) is 6.44. The van der Waals surface area contributed by atoms with Crippen LogP contribution >= 0.6 is 11.3 Å². The first-order valence-electron chi connectivity index (χ1n) is 5.61. The molecule has 1 fully saturated rings. The first-order chi connectivity index (χ1) is 7.58. The van der Waals surface area contributed by atoms with Crippen molar-refractivity contribution in [1.82, 2.24) is 9.97 Å². The Kier molecular flexibility index (Phi) is 1.98. The maximum atomic E-state index is 6.04. The van der Waals surface area contributed by atoms with Gasteiger partial charge in [-0.05, 0) is 31.7 Å². The molecule has 4 heteroatoms.